The second kappa shape index (κ2) is 6.74. The Labute approximate surface area is 126 Å². The van der Waals surface area contributed by atoms with Gasteiger partial charge in [-0.15, -0.1) is 0 Å². The molecule has 1 unspecified atom stereocenters. The van der Waals surface area contributed by atoms with E-state index in [-0.39, 0.29) is 11.9 Å². The van der Waals surface area contributed by atoms with Gasteiger partial charge < -0.3 is 15.5 Å². The molecule has 1 atom stereocenters. The Morgan fingerprint density at radius 2 is 2.14 bits per heavy atom. The number of aryl methyl sites for hydroxylation is 1. The second-order valence-electron chi connectivity index (χ2n) is 5.63. The Balaban J connectivity index is 2.16. The fourth-order valence-electron chi connectivity index (χ4n) is 2.69. The predicted molar refractivity (Wildman–Crippen MR) is 84.7 cm³/mol. The van der Waals surface area contributed by atoms with Gasteiger partial charge in [0.2, 0.25) is 5.91 Å². The number of aromatic nitrogens is 2. The highest BCUT2D eigenvalue weighted by molar-refractivity contribution is 5.73. The fourth-order valence-corrected chi connectivity index (χ4v) is 2.69. The van der Waals surface area contributed by atoms with Gasteiger partial charge in [0, 0.05) is 38.2 Å². The van der Waals surface area contributed by atoms with Gasteiger partial charge in [-0.2, -0.15) is 0 Å². The van der Waals surface area contributed by atoms with Crippen LogP contribution >= 0.6 is 0 Å². The van der Waals surface area contributed by atoms with Gasteiger partial charge in [-0.1, -0.05) is 6.92 Å². The summed E-state index contributed by atoms with van der Waals surface area (Å²) in [4.78, 5) is 22.5. The fraction of sp³-hybridized carbons (Fsp3) is 0.667. The van der Waals surface area contributed by atoms with Crippen LogP contribution in [0.15, 0.2) is 0 Å². The van der Waals surface area contributed by atoms with Crippen LogP contribution in [0.1, 0.15) is 38.1 Å². The molecule has 1 aromatic heterocycles. The molecule has 1 aromatic rings. The second-order valence-corrected chi connectivity index (χ2v) is 5.63. The smallest absolute Gasteiger partial charge is 0.217 e. The lowest BCUT2D eigenvalue weighted by atomic mass is 10.2. The summed E-state index contributed by atoms with van der Waals surface area (Å²) in [5, 5.41) is 6.35. The molecule has 2 N–H and O–H groups in total. The minimum atomic E-state index is 0.0303. The zero-order chi connectivity index (χ0) is 15.4. The van der Waals surface area contributed by atoms with E-state index in [9.17, 15) is 4.79 Å². The maximum absolute atomic E-state index is 11.2. The molecule has 0 bridgehead atoms. The number of carbonyl (C=O) groups is 1. The van der Waals surface area contributed by atoms with Crippen molar-refractivity contribution < 1.29 is 4.79 Å². The van der Waals surface area contributed by atoms with Gasteiger partial charge in [-0.3, -0.25) is 4.79 Å². The van der Waals surface area contributed by atoms with Gasteiger partial charge in [0.1, 0.15) is 17.5 Å². The summed E-state index contributed by atoms with van der Waals surface area (Å²) in [5.74, 6) is 2.70. The SMILES string of the molecule is CCCNc1nc(C)nc(N2CCC(NC(C)=O)C2)c1C. The Bertz CT molecular complexity index is 517. The predicted octanol–water partition coefficient (Wildman–Crippen LogP) is 1.63. The summed E-state index contributed by atoms with van der Waals surface area (Å²) in [7, 11) is 0. The zero-order valence-electron chi connectivity index (χ0n) is 13.4. The molecule has 2 heterocycles. The van der Waals surface area contributed by atoms with E-state index in [0.717, 1.165) is 55.5 Å². The van der Waals surface area contributed by atoms with E-state index in [4.69, 9.17) is 0 Å². The first-order chi connectivity index (χ1) is 10.0. The molecule has 6 heteroatoms. The summed E-state index contributed by atoms with van der Waals surface area (Å²) in [6.45, 7) is 10.3. The van der Waals surface area contributed by atoms with Gasteiger partial charge in [-0.25, -0.2) is 9.97 Å². The Hall–Kier alpha value is -1.85. The van der Waals surface area contributed by atoms with Crippen LogP contribution in [0.5, 0.6) is 0 Å². The minimum Gasteiger partial charge on any atom is -0.370 e. The normalized spacial score (nSPS) is 17.9. The van der Waals surface area contributed by atoms with Crippen molar-refractivity contribution in [3.63, 3.8) is 0 Å². The molecule has 1 aliphatic heterocycles. The highest BCUT2D eigenvalue weighted by Crippen LogP contribution is 2.26. The molecule has 1 saturated heterocycles. The van der Waals surface area contributed by atoms with Gasteiger partial charge in [0.15, 0.2) is 0 Å². The van der Waals surface area contributed by atoms with E-state index in [1.165, 1.54) is 0 Å². The van der Waals surface area contributed by atoms with E-state index < -0.39 is 0 Å². The summed E-state index contributed by atoms with van der Waals surface area (Å²) in [6, 6.07) is 0.212. The number of carbonyl (C=O) groups excluding carboxylic acids is 1. The first-order valence-electron chi connectivity index (χ1n) is 7.62. The third-order valence-corrected chi connectivity index (χ3v) is 3.67. The molecule has 1 fully saturated rings. The summed E-state index contributed by atoms with van der Waals surface area (Å²) >= 11 is 0. The molecular formula is C15H25N5O. The highest BCUT2D eigenvalue weighted by atomic mass is 16.1. The summed E-state index contributed by atoms with van der Waals surface area (Å²) in [6.07, 6.45) is 2.02. The van der Waals surface area contributed by atoms with Crippen LogP contribution < -0.4 is 15.5 Å². The Morgan fingerprint density at radius 1 is 1.38 bits per heavy atom. The third-order valence-electron chi connectivity index (χ3n) is 3.67. The number of rotatable bonds is 5. The van der Waals surface area contributed by atoms with Gasteiger partial charge in [0.25, 0.3) is 0 Å². The van der Waals surface area contributed by atoms with Crippen LogP contribution in [-0.2, 0) is 4.79 Å². The van der Waals surface area contributed by atoms with Crippen LogP contribution in [0.2, 0.25) is 0 Å². The molecule has 1 aliphatic rings. The van der Waals surface area contributed by atoms with Crippen LogP contribution in [-0.4, -0.2) is 41.6 Å². The highest BCUT2D eigenvalue weighted by Gasteiger charge is 2.26. The Morgan fingerprint density at radius 3 is 2.81 bits per heavy atom. The molecule has 2 rings (SSSR count). The van der Waals surface area contributed by atoms with Crippen molar-refractivity contribution >= 4 is 17.5 Å². The molecule has 116 valence electrons. The maximum Gasteiger partial charge on any atom is 0.217 e. The van der Waals surface area contributed by atoms with Crippen molar-refractivity contribution in [1.29, 1.82) is 0 Å². The molecular weight excluding hydrogens is 266 g/mol. The lowest BCUT2D eigenvalue weighted by Crippen LogP contribution is -2.36. The maximum atomic E-state index is 11.2. The van der Waals surface area contributed by atoms with E-state index in [2.05, 4.69) is 39.3 Å². The first-order valence-corrected chi connectivity index (χ1v) is 7.62. The average Bonchev–Trinajstić information content (AvgIpc) is 2.86. The molecule has 0 radical (unpaired) electrons. The van der Waals surface area contributed by atoms with Gasteiger partial charge >= 0.3 is 0 Å². The number of hydrogen-bond acceptors (Lipinski definition) is 5. The van der Waals surface area contributed by atoms with Gasteiger partial charge in [0.05, 0.1) is 0 Å². The summed E-state index contributed by atoms with van der Waals surface area (Å²) in [5.41, 5.74) is 1.08. The molecule has 21 heavy (non-hydrogen) atoms. The molecule has 0 aromatic carbocycles. The first kappa shape index (κ1) is 15.5. The number of hydrogen-bond donors (Lipinski definition) is 2. The molecule has 6 nitrogen and oxygen atoms in total. The molecule has 0 spiro atoms. The van der Waals surface area contributed by atoms with E-state index in [1.807, 2.05) is 6.92 Å². The number of amides is 1. The lowest BCUT2D eigenvalue weighted by molar-refractivity contribution is -0.119. The minimum absolute atomic E-state index is 0.0303. The van der Waals surface area contributed by atoms with Gasteiger partial charge in [-0.05, 0) is 26.7 Å². The van der Waals surface area contributed by atoms with Crippen LogP contribution in [0.4, 0.5) is 11.6 Å². The monoisotopic (exact) mass is 291 g/mol. The number of nitrogens with zero attached hydrogens (tertiary/aromatic N) is 3. The van der Waals surface area contributed by atoms with Crippen LogP contribution in [0.3, 0.4) is 0 Å². The van der Waals surface area contributed by atoms with Crippen molar-refractivity contribution in [3.05, 3.63) is 11.4 Å². The van der Waals surface area contributed by atoms with E-state index in [0.29, 0.717) is 0 Å². The summed E-state index contributed by atoms with van der Waals surface area (Å²) < 4.78 is 0. The number of anilines is 2. The molecule has 1 amide bonds. The van der Waals surface area contributed by atoms with Crippen molar-refractivity contribution in [2.75, 3.05) is 29.9 Å². The van der Waals surface area contributed by atoms with Crippen molar-refractivity contribution in [2.24, 2.45) is 0 Å². The molecule has 0 aliphatic carbocycles. The van der Waals surface area contributed by atoms with E-state index >= 15 is 0 Å². The largest absolute Gasteiger partial charge is 0.370 e. The van der Waals surface area contributed by atoms with E-state index in [1.54, 1.807) is 6.92 Å². The van der Waals surface area contributed by atoms with Crippen molar-refractivity contribution in [3.8, 4) is 0 Å². The lowest BCUT2D eigenvalue weighted by Gasteiger charge is -2.22. The van der Waals surface area contributed by atoms with Crippen molar-refractivity contribution in [2.45, 2.75) is 46.6 Å². The van der Waals surface area contributed by atoms with Crippen LogP contribution in [0, 0.1) is 13.8 Å². The topological polar surface area (TPSA) is 70.2 Å². The van der Waals surface area contributed by atoms with Crippen molar-refractivity contribution in [1.82, 2.24) is 15.3 Å². The zero-order valence-corrected chi connectivity index (χ0v) is 13.4. The standard InChI is InChI=1S/C15H25N5O/c1-5-7-16-14-10(2)15(18-11(3)17-14)20-8-6-13(9-20)19-12(4)21/h13H,5-9H2,1-4H3,(H,19,21)(H,16,17,18). The molecule has 0 saturated carbocycles. The Kier molecular flexibility index (Phi) is 4.98. The van der Waals surface area contributed by atoms with Crippen LogP contribution in [0.25, 0.3) is 0 Å². The quantitative estimate of drug-likeness (QED) is 0.863. The third kappa shape index (κ3) is 3.83. The average molecular weight is 291 g/mol. The number of nitrogens with one attached hydrogen (secondary N) is 2.